The normalized spacial score (nSPS) is 18.2. The number of allylic oxidation sites excluding steroid dienone is 4. The van der Waals surface area contributed by atoms with Crippen LogP contribution in [0.3, 0.4) is 0 Å². The molecule has 0 aromatic rings. The highest BCUT2D eigenvalue weighted by Crippen LogP contribution is 2.31. The van der Waals surface area contributed by atoms with Gasteiger partial charge >= 0.3 is 0 Å². The SMILES string of the molecule is CC1=C(SC(C)C)CCC=C1. The van der Waals surface area contributed by atoms with Crippen molar-refractivity contribution in [3.63, 3.8) is 0 Å². The molecule has 0 bridgehead atoms. The van der Waals surface area contributed by atoms with E-state index in [9.17, 15) is 0 Å². The first-order chi connectivity index (χ1) is 5.20. The van der Waals surface area contributed by atoms with Gasteiger partial charge in [-0.3, -0.25) is 0 Å². The molecule has 0 radical (unpaired) electrons. The fourth-order valence-electron chi connectivity index (χ4n) is 1.20. The molecule has 0 unspecified atom stereocenters. The van der Waals surface area contributed by atoms with Crippen LogP contribution < -0.4 is 0 Å². The average Bonchev–Trinajstić information content (AvgIpc) is 1.93. The van der Waals surface area contributed by atoms with E-state index < -0.39 is 0 Å². The maximum absolute atomic E-state index is 2.26. The standard InChI is InChI=1S/C10H16S/c1-8(2)11-10-7-5-4-6-9(10)3/h4,6,8H,5,7H2,1-3H3. The van der Waals surface area contributed by atoms with Crippen LogP contribution in [-0.2, 0) is 0 Å². The molecular weight excluding hydrogens is 152 g/mol. The number of hydrogen-bond donors (Lipinski definition) is 0. The van der Waals surface area contributed by atoms with Gasteiger partial charge in [-0.05, 0) is 30.2 Å². The Hall–Kier alpha value is -0.170. The number of thioether (sulfide) groups is 1. The van der Waals surface area contributed by atoms with Gasteiger partial charge in [-0.15, -0.1) is 11.8 Å². The molecule has 1 aliphatic rings. The molecule has 0 N–H and O–H groups in total. The van der Waals surface area contributed by atoms with Gasteiger partial charge in [-0.2, -0.15) is 0 Å². The van der Waals surface area contributed by atoms with Crippen molar-refractivity contribution in [3.8, 4) is 0 Å². The lowest BCUT2D eigenvalue weighted by atomic mass is 10.1. The Bertz CT molecular complexity index is 187. The Balaban J connectivity index is 2.60. The molecule has 0 aliphatic heterocycles. The third-order valence-electron chi connectivity index (χ3n) is 1.72. The van der Waals surface area contributed by atoms with Crippen LogP contribution in [0.15, 0.2) is 22.6 Å². The summed E-state index contributed by atoms with van der Waals surface area (Å²) in [6, 6.07) is 0. The summed E-state index contributed by atoms with van der Waals surface area (Å²) < 4.78 is 0. The Morgan fingerprint density at radius 1 is 1.45 bits per heavy atom. The molecule has 0 atom stereocenters. The highest BCUT2D eigenvalue weighted by Gasteiger charge is 2.06. The van der Waals surface area contributed by atoms with Gasteiger partial charge in [0, 0.05) is 5.25 Å². The highest BCUT2D eigenvalue weighted by atomic mass is 32.2. The topological polar surface area (TPSA) is 0 Å². The first-order valence-corrected chi connectivity index (χ1v) is 5.11. The molecule has 1 heteroatoms. The van der Waals surface area contributed by atoms with Crippen molar-refractivity contribution in [1.82, 2.24) is 0 Å². The first-order valence-electron chi connectivity index (χ1n) is 4.23. The van der Waals surface area contributed by atoms with E-state index in [1.165, 1.54) is 18.4 Å². The van der Waals surface area contributed by atoms with E-state index in [1.807, 2.05) is 11.8 Å². The summed E-state index contributed by atoms with van der Waals surface area (Å²) in [5.74, 6) is 0. The fraction of sp³-hybridized carbons (Fsp3) is 0.600. The maximum Gasteiger partial charge on any atom is 0.00346 e. The summed E-state index contributed by atoms with van der Waals surface area (Å²) in [4.78, 5) is 1.59. The average molecular weight is 168 g/mol. The molecular formula is C10H16S. The van der Waals surface area contributed by atoms with Crippen molar-refractivity contribution in [1.29, 1.82) is 0 Å². The van der Waals surface area contributed by atoms with E-state index in [1.54, 1.807) is 4.91 Å². The molecule has 62 valence electrons. The zero-order valence-corrected chi connectivity index (χ0v) is 8.37. The van der Waals surface area contributed by atoms with E-state index in [2.05, 4.69) is 32.9 Å². The van der Waals surface area contributed by atoms with Crippen molar-refractivity contribution < 1.29 is 0 Å². The molecule has 11 heavy (non-hydrogen) atoms. The second-order valence-corrected chi connectivity index (χ2v) is 4.89. The van der Waals surface area contributed by atoms with Crippen LogP contribution in [0.1, 0.15) is 33.6 Å². The molecule has 0 aromatic heterocycles. The van der Waals surface area contributed by atoms with E-state index >= 15 is 0 Å². The summed E-state index contributed by atoms with van der Waals surface area (Å²) in [7, 11) is 0. The summed E-state index contributed by atoms with van der Waals surface area (Å²) in [6.45, 7) is 6.72. The Morgan fingerprint density at radius 2 is 2.18 bits per heavy atom. The monoisotopic (exact) mass is 168 g/mol. The van der Waals surface area contributed by atoms with Crippen LogP contribution in [0.5, 0.6) is 0 Å². The fourth-order valence-corrected chi connectivity index (χ4v) is 2.26. The van der Waals surface area contributed by atoms with Gasteiger partial charge in [0.15, 0.2) is 0 Å². The summed E-state index contributed by atoms with van der Waals surface area (Å²) in [5, 5.41) is 0.728. The third-order valence-corrected chi connectivity index (χ3v) is 3.01. The predicted molar refractivity (Wildman–Crippen MR) is 53.8 cm³/mol. The zero-order chi connectivity index (χ0) is 8.27. The van der Waals surface area contributed by atoms with Crippen molar-refractivity contribution in [3.05, 3.63) is 22.6 Å². The predicted octanol–water partition coefficient (Wildman–Crippen LogP) is 3.75. The summed E-state index contributed by atoms with van der Waals surface area (Å²) in [5.41, 5.74) is 1.47. The van der Waals surface area contributed by atoms with Crippen molar-refractivity contribution in [2.24, 2.45) is 0 Å². The molecule has 0 saturated carbocycles. The van der Waals surface area contributed by atoms with Crippen LogP contribution in [0, 0.1) is 0 Å². The highest BCUT2D eigenvalue weighted by molar-refractivity contribution is 8.03. The quantitative estimate of drug-likeness (QED) is 0.605. The molecule has 0 nitrogen and oxygen atoms in total. The Labute approximate surface area is 73.8 Å². The smallest absolute Gasteiger partial charge is 0.00346 e. The largest absolute Gasteiger partial charge is 0.127 e. The summed E-state index contributed by atoms with van der Waals surface area (Å²) in [6.07, 6.45) is 6.99. The van der Waals surface area contributed by atoms with E-state index in [0.29, 0.717) is 0 Å². The number of rotatable bonds is 2. The van der Waals surface area contributed by atoms with Crippen LogP contribution >= 0.6 is 11.8 Å². The number of hydrogen-bond acceptors (Lipinski definition) is 1. The van der Waals surface area contributed by atoms with Crippen LogP contribution in [0.2, 0.25) is 0 Å². The zero-order valence-electron chi connectivity index (χ0n) is 7.55. The van der Waals surface area contributed by atoms with E-state index in [4.69, 9.17) is 0 Å². The first kappa shape index (κ1) is 8.92. The van der Waals surface area contributed by atoms with E-state index in [-0.39, 0.29) is 0 Å². The van der Waals surface area contributed by atoms with Crippen molar-refractivity contribution in [2.45, 2.75) is 38.9 Å². The third kappa shape index (κ3) is 2.74. The van der Waals surface area contributed by atoms with Gasteiger partial charge in [0.05, 0.1) is 0 Å². The molecule has 1 aliphatic carbocycles. The molecule has 0 saturated heterocycles. The Kier molecular flexibility index (Phi) is 3.25. The summed E-state index contributed by atoms with van der Waals surface area (Å²) >= 11 is 2.01. The lowest BCUT2D eigenvalue weighted by Gasteiger charge is -2.14. The van der Waals surface area contributed by atoms with Gasteiger partial charge < -0.3 is 0 Å². The minimum Gasteiger partial charge on any atom is -0.127 e. The van der Waals surface area contributed by atoms with Crippen LogP contribution in [0.25, 0.3) is 0 Å². The van der Waals surface area contributed by atoms with Crippen LogP contribution in [-0.4, -0.2) is 5.25 Å². The molecule has 0 spiro atoms. The van der Waals surface area contributed by atoms with Gasteiger partial charge in [-0.25, -0.2) is 0 Å². The second kappa shape index (κ2) is 4.01. The Morgan fingerprint density at radius 3 is 2.73 bits per heavy atom. The minimum atomic E-state index is 0.728. The molecule has 0 aromatic carbocycles. The lowest BCUT2D eigenvalue weighted by molar-refractivity contribution is 0.992. The molecule has 0 fully saturated rings. The van der Waals surface area contributed by atoms with Gasteiger partial charge in [0.25, 0.3) is 0 Å². The molecule has 1 rings (SSSR count). The van der Waals surface area contributed by atoms with Crippen molar-refractivity contribution in [2.75, 3.05) is 0 Å². The lowest BCUT2D eigenvalue weighted by Crippen LogP contribution is -1.93. The van der Waals surface area contributed by atoms with E-state index in [0.717, 1.165) is 5.25 Å². The van der Waals surface area contributed by atoms with Crippen LogP contribution in [0.4, 0.5) is 0 Å². The minimum absolute atomic E-state index is 0.728. The van der Waals surface area contributed by atoms with Gasteiger partial charge in [0.2, 0.25) is 0 Å². The molecule has 0 heterocycles. The maximum atomic E-state index is 2.26. The molecule has 0 amide bonds. The van der Waals surface area contributed by atoms with Gasteiger partial charge in [0.1, 0.15) is 0 Å². The van der Waals surface area contributed by atoms with Gasteiger partial charge in [-0.1, -0.05) is 26.0 Å². The van der Waals surface area contributed by atoms with Crippen molar-refractivity contribution >= 4 is 11.8 Å². The second-order valence-electron chi connectivity index (χ2n) is 3.21.